The van der Waals surface area contributed by atoms with Crippen molar-refractivity contribution in [2.75, 3.05) is 32.6 Å². The number of guanidine groups is 3. The van der Waals surface area contributed by atoms with Gasteiger partial charge in [-0.15, -0.1) is 0 Å². The molecule has 2 aliphatic carbocycles. The van der Waals surface area contributed by atoms with Crippen LogP contribution in [-0.4, -0.2) is 164 Å². The van der Waals surface area contributed by atoms with Crippen LogP contribution in [0.3, 0.4) is 0 Å². The number of ether oxygens (including phenoxy) is 1. The van der Waals surface area contributed by atoms with E-state index in [-0.39, 0.29) is 71.9 Å². The molecule has 6 atom stereocenters. The van der Waals surface area contributed by atoms with Crippen molar-refractivity contribution in [3.63, 3.8) is 0 Å². The molecule has 5 aromatic rings. The number of methoxy groups -OCH3 is 1. The highest BCUT2D eigenvalue weighted by Crippen LogP contribution is 2.42. The second kappa shape index (κ2) is 49.3. The number of carboxylic acids is 3. The third-order valence-corrected chi connectivity index (χ3v) is 21.8. The fourth-order valence-electron chi connectivity index (χ4n) is 14.7. The molecule has 8 heterocycles. The lowest BCUT2D eigenvalue weighted by Gasteiger charge is -2.31. The Morgan fingerprint density at radius 2 is 0.913 bits per heavy atom. The summed E-state index contributed by atoms with van der Waals surface area (Å²) < 4.78 is 4.99. The predicted octanol–water partition coefficient (Wildman–Crippen LogP) is 14.0. The molecule has 10 N–H and O–H groups in total. The number of anilines is 1. The van der Waals surface area contributed by atoms with E-state index in [4.69, 9.17) is 14.8 Å². The van der Waals surface area contributed by atoms with E-state index < -0.39 is 17.9 Å². The number of carbonyl (C=O) groups is 6. The first kappa shape index (κ1) is 92.5. The van der Waals surface area contributed by atoms with E-state index in [0.717, 1.165) is 196 Å². The lowest BCUT2D eigenvalue weighted by Crippen LogP contribution is -2.53. The molecule has 0 aromatic carbocycles. The first-order valence-electron chi connectivity index (χ1n) is 42.2. The SMILES string of the molecule is CCC(CCCCCCC(=O)NC1=NCCC(C)(C)N1)c1cnc(C)nc1.CNc1ccc(C2CC2)c(CCCCCCC(CC(=O)O)c2cnc(OC)nc2)n1.Cc1ncc(C(CCCCCCC(=O)NC2=NCCC3(CC3)N2)CC(=O)O)cn1.Cc1ncc(C(CCCCCCC(=O)NC2=N[C@@H](C)C[C@H](C)N2)CC(=O)O)cn1. The Hall–Kier alpha value is -9.70. The normalized spacial score (nSPS) is 17.2. The monoisotopic (exact) mass is 1590 g/mol. The minimum atomic E-state index is -0.810. The number of aryl methyl sites for hydroxylation is 4. The largest absolute Gasteiger partial charge is 0.481 e. The molecule has 5 aliphatic rings. The summed E-state index contributed by atoms with van der Waals surface area (Å²) in [5.74, 6) is 3.65. The summed E-state index contributed by atoms with van der Waals surface area (Å²) in [6.07, 6.45) is 45.5. The van der Waals surface area contributed by atoms with Gasteiger partial charge in [0.25, 0.3) is 0 Å². The Kier molecular flexibility index (Phi) is 39.6. The lowest BCUT2D eigenvalue weighted by atomic mass is 9.92. The molecule has 0 bridgehead atoms. The van der Waals surface area contributed by atoms with E-state index in [9.17, 15) is 39.0 Å². The van der Waals surface area contributed by atoms with Crippen LogP contribution < -0.4 is 42.0 Å². The van der Waals surface area contributed by atoms with Crippen LogP contribution in [0, 0.1) is 20.8 Å². The summed E-state index contributed by atoms with van der Waals surface area (Å²) in [4.78, 5) is 121. The molecular weight excluding hydrogens is 1460 g/mol. The van der Waals surface area contributed by atoms with Gasteiger partial charge < -0.3 is 41.3 Å². The molecule has 5 aromatic heterocycles. The molecule has 0 radical (unpaired) electrons. The van der Waals surface area contributed by atoms with Gasteiger partial charge in [0, 0.05) is 112 Å². The quantitative estimate of drug-likeness (QED) is 0.0162. The number of unbranched alkanes of at least 4 members (excludes halogenated alkanes) is 12. The molecule has 0 saturated heterocycles. The summed E-state index contributed by atoms with van der Waals surface area (Å²) in [6.45, 7) is 17.7. The van der Waals surface area contributed by atoms with E-state index in [2.05, 4.69) is 132 Å². The average molecular weight is 1590 g/mol. The van der Waals surface area contributed by atoms with E-state index in [1.807, 2.05) is 47.1 Å². The van der Waals surface area contributed by atoms with Gasteiger partial charge in [0.1, 0.15) is 23.3 Å². The van der Waals surface area contributed by atoms with Crippen molar-refractivity contribution in [2.45, 2.75) is 333 Å². The van der Waals surface area contributed by atoms with Gasteiger partial charge in [-0.3, -0.25) is 54.7 Å². The van der Waals surface area contributed by atoms with Gasteiger partial charge in [0.05, 0.1) is 32.4 Å². The van der Waals surface area contributed by atoms with Crippen LogP contribution in [-0.2, 0) is 35.2 Å². The second-order valence-electron chi connectivity index (χ2n) is 32.4. The fraction of sp³-hybridized carbons (Fsp3) is 0.651. The van der Waals surface area contributed by atoms with Gasteiger partial charge >= 0.3 is 23.9 Å². The molecule has 29 nitrogen and oxygen atoms in total. The number of nitrogens with zero attached hydrogens (tertiary/aromatic N) is 12. The molecule has 29 heteroatoms. The highest BCUT2D eigenvalue weighted by atomic mass is 16.5. The molecule has 4 unspecified atom stereocenters. The second-order valence-corrected chi connectivity index (χ2v) is 32.4. The van der Waals surface area contributed by atoms with Crippen molar-refractivity contribution in [3.8, 4) is 6.01 Å². The van der Waals surface area contributed by atoms with Crippen molar-refractivity contribution in [3.05, 3.63) is 113 Å². The van der Waals surface area contributed by atoms with Crippen LogP contribution in [0.2, 0.25) is 0 Å². The van der Waals surface area contributed by atoms with Gasteiger partial charge in [0.15, 0.2) is 17.9 Å². The number of rotatable bonds is 42. The number of amides is 3. The summed E-state index contributed by atoms with van der Waals surface area (Å²) >= 11 is 0. The van der Waals surface area contributed by atoms with Gasteiger partial charge in [-0.25, -0.2) is 49.8 Å². The molecule has 115 heavy (non-hydrogen) atoms. The molecule has 1 spiro atoms. The molecule has 3 amide bonds. The minimum Gasteiger partial charge on any atom is -0.481 e. The Bertz CT molecular complexity index is 3890. The molecule has 2 saturated carbocycles. The Balaban J connectivity index is 0.000000212. The fourth-order valence-corrected chi connectivity index (χ4v) is 14.7. The standard InChI is InChI=1S/C23H32N4O3.C21H31N5O3.C21H33N5O3.C21H35N5O/c1-24-21-12-11-19(16-9-10-16)20(27-21)8-6-4-3-5-7-17(13-22(28)29)18-14-25-23(30-2)26-15-18;1-15-23-13-17(14-24-15)16(12-19(28)29)6-4-2-3-5-7-18(27)25-20-22-11-10-21(26-20)8-9-21;1-14-10-15(2)25-21(24-14)26-19(27)9-7-5-4-6-8-17(11-20(28)29)18-12-22-16(3)23-13-18;1-5-17(18-14-23-16(2)24-15-18)10-8-6-7-9-11-19(27)25-20-22-13-12-21(3,4)26-20/h11-12,14-17H,3-10,13H2,1-2H3,(H,24,27)(H,28,29);13-14,16H,2-12H2,1H3,(H,28,29)(H2,22,25,26,27);12-15,17H,4-11H2,1-3H3,(H,28,29)(H2,24,25,26,27);14-15,17H,5-13H2,1-4H3,(H2,22,25,26,27)/t;;14-,15-,17?;/m..0./s1. The Labute approximate surface area is 680 Å². The molecule has 2 fully saturated rings. The van der Waals surface area contributed by atoms with E-state index in [1.165, 1.54) is 56.0 Å². The summed E-state index contributed by atoms with van der Waals surface area (Å²) in [7, 11) is 3.42. The number of carbonyl (C=O) groups excluding carboxylic acids is 3. The Morgan fingerprint density at radius 1 is 0.513 bits per heavy atom. The molecule has 10 rings (SSSR count). The van der Waals surface area contributed by atoms with Crippen LogP contribution in [0.5, 0.6) is 6.01 Å². The summed E-state index contributed by atoms with van der Waals surface area (Å²) in [6, 6.07) is 5.14. The van der Waals surface area contributed by atoms with Crippen LogP contribution in [0.1, 0.15) is 334 Å². The van der Waals surface area contributed by atoms with Crippen molar-refractivity contribution in [1.82, 2.24) is 76.8 Å². The van der Waals surface area contributed by atoms with Gasteiger partial charge in [-0.2, -0.15) is 0 Å². The zero-order valence-electron chi connectivity index (χ0n) is 70.0. The highest BCUT2D eigenvalue weighted by molar-refractivity contribution is 5.99. The topological polar surface area (TPSA) is 410 Å². The van der Waals surface area contributed by atoms with Crippen molar-refractivity contribution < 1.29 is 48.8 Å². The number of pyridine rings is 1. The highest BCUT2D eigenvalue weighted by Gasteiger charge is 2.44. The predicted molar refractivity (Wildman–Crippen MR) is 447 cm³/mol. The number of hydrogen-bond acceptors (Lipinski definition) is 23. The van der Waals surface area contributed by atoms with Crippen LogP contribution in [0.25, 0.3) is 0 Å². The maximum absolute atomic E-state index is 12.1. The maximum atomic E-state index is 12.1. The van der Waals surface area contributed by atoms with Crippen LogP contribution in [0.4, 0.5) is 5.82 Å². The molecular formula is C86H131N19O10. The number of hydrogen-bond donors (Lipinski definition) is 10. The number of aromatic nitrogens is 9. The number of carboxylic acid groups (broad SMARTS) is 3. The third kappa shape index (κ3) is 36.3. The smallest absolute Gasteiger partial charge is 0.316 e. The van der Waals surface area contributed by atoms with Crippen molar-refractivity contribution >= 4 is 59.3 Å². The number of aliphatic imine (C=N–C) groups is 3. The summed E-state index contributed by atoms with van der Waals surface area (Å²) in [5.41, 5.74) is 6.74. The number of aliphatic carboxylic acids is 3. The van der Waals surface area contributed by atoms with E-state index in [1.54, 1.807) is 37.2 Å². The minimum absolute atomic E-state index is 0.00265. The average Bonchev–Trinajstić information content (AvgIpc) is 1.65. The van der Waals surface area contributed by atoms with Crippen molar-refractivity contribution in [2.24, 2.45) is 15.0 Å². The van der Waals surface area contributed by atoms with Crippen LogP contribution >= 0.6 is 0 Å². The number of nitrogens with one attached hydrogen (secondary N) is 7. The zero-order valence-corrected chi connectivity index (χ0v) is 70.0. The Morgan fingerprint density at radius 3 is 1.31 bits per heavy atom. The molecule has 3 aliphatic heterocycles. The first-order chi connectivity index (χ1) is 55.3. The van der Waals surface area contributed by atoms with Gasteiger partial charge in [-0.05, 0) is 221 Å². The first-order valence-corrected chi connectivity index (χ1v) is 42.2. The maximum Gasteiger partial charge on any atom is 0.316 e. The van der Waals surface area contributed by atoms with E-state index >= 15 is 0 Å². The molecule has 630 valence electrons. The van der Waals surface area contributed by atoms with E-state index in [0.29, 0.717) is 72.7 Å². The third-order valence-electron chi connectivity index (χ3n) is 21.8. The summed E-state index contributed by atoms with van der Waals surface area (Å²) in [5, 5.41) is 49.2. The lowest BCUT2D eigenvalue weighted by molar-refractivity contribution is -0.138. The van der Waals surface area contributed by atoms with Crippen molar-refractivity contribution in [1.29, 1.82) is 0 Å². The van der Waals surface area contributed by atoms with Gasteiger partial charge in [-0.1, -0.05) is 90.0 Å². The van der Waals surface area contributed by atoms with Crippen LogP contribution in [0.15, 0.2) is 76.7 Å². The zero-order chi connectivity index (χ0) is 83.0. The van der Waals surface area contributed by atoms with Gasteiger partial charge in [0.2, 0.25) is 17.7 Å².